The monoisotopic (exact) mass is 468 g/mol. The fourth-order valence-electron chi connectivity index (χ4n) is 4.37. The van der Waals surface area contributed by atoms with Gasteiger partial charge >= 0.3 is 0 Å². The summed E-state index contributed by atoms with van der Waals surface area (Å²) in [6, 6.07) is 19.9. The van der Waals surface area contributed by atoms with Gasteiger partial charge in [0, 0.05) is 57.3 Å². The summed E-state index contributed by atoms with van der Waals surface area (Å²) in [6.07, 6.45) is 2.58. The van der Waals surface area contributed by atoms with Gasteiger partial charge in [0.25, 0.3) is 0 Å². The first-order valence-electron chi connectivity index (χ1n) is 11.5. The first kappa shape index (κ1) is 23.6. The number of sulfonamides is 1. The van der Waals surface area contributed by atoms with Crippen LogP contribution in [0.4, 0.5) is 0 Å². The molecule has 0 bridgehead atoms. The lowest BCUT2D eigenvalue weighted by molar-refractivity contribution is -0.123. The number of hydrogen-bond donors (Lipinski definition) is 1. The highest BCUT2D eigenvalue weighted by atomic mass is 32.2. The molecule has 1 N–H and O–H groups in total. The van der Waals surface area contributed by atoms with Crippen molar-refractivity contribution in [3.8, 4) is 0 Å². The smallest absolute Gasteiger partial charge is 0.236 e. The number of amides is 1. The van der Waals surface area contributed by atoms with Crippen molar-refractivity contribution in [3.05, 3.63) is 77.2 Å². The fraction of sp³-hybridized carbons (Fsp3) is 0.400. The molecule has 8 heteroatoms. The minimum Gasteiger partial charge on any atom is -0.351 e. The van der Waals surface area contributed by atoms with Gasteiger partial charge in [0.05, 0.1) is 6.54 Å². The van der Waals surface area contributed by atoms with Crippen LogP contribution < -0.4 is 5.32 Å². The predicted octanol–water partition coefficient (Wildman–Crippen LogP) is 2.00. The van der Waals surface area contributed by atoms with Crippen molar-refractivity contribution in [1.29, 1.82) is 0 Å². The molecule has 2 aromatic rings. The lowest BCUT2D eigenvalue weighted by Crippen LogP contribution is -2.51. The number of piperazine rings is 1. The highest BCUT2D eigenvalue weighted by Gasteiger charge is 2.28. The molecule has 2 saturated heterocycles. The van der Waals surface area contributed by atoms with E-state index in [0.717, 1.165) is 31.6 Å². The van der Waals surface area contributed by atoms with Gasteiger partial charge in [-0.25, -0.2) is 8.42 Å². The summed E-state index contributed by atoms with van der Waals surface area (Å²) in [5, 5.41) is 4.43. The van der Waals surface area contributed by atoms with Gasteiger partial charge < -0.3 is 5.32 Å². The summed E-state index contributed by atoms with van der Waals surface area (Å²) in [5.41, 5.74) is 2.14. The van der Waals surface area contributed by atoms with Crippen LogP contribution in [0, 0.1) is 0 Å². The van der Waals surface area contributed by atoms with Crippen molar-refractivity contribution in [2.45, 2.75) is 19.0 Å². The van der Waals surface area contributed by atoms with Gasteiger partial charge in [0.2, 0.25) is 15.9 Å². The minimum atomic E-state index is -3.46. The molecule has 0 aromatic heterocycles. The second kappa shape index (κ2) is 11.1. The van der Waals surface area contributed by atoms with Crippen molar-refractivity contribution in [1.82, 2.24) is 19.4 Å². The zero-order valence-corrected chi connectivity index (χ0v) is 19.7. The molecule has 2 fully saturated rings. The van der Waals surface area contributed by atoms with Crippen molar-refractivity contribution in [2.75, 3.05) is 45.8 Å². The quantitative estimate of drug-likeness (QED) is 0.642. The van der Waals surface area contributed by atoms with Crippen molar-refractivity contribution in [3.63, 3.8) is 0 Å². The highest BCUT2D eigenvalue weighted by molar-refractivity contribution is 7.92. The molecule has 0 radical (unpaired) electrons. The van der Waals surface area contributed by atoms with E-state index in [1.807, 2.05) is 41.3 Å². The molecule has 1 amide bonds. The van der Waals surface area contributed by atoms with Crippen LogP contribution in [-0.2, 0) is 21.4 Å². The maximum atomic E-state index is 12.6. The van der Waals surface area contributed by atoms with Crippen molar-refractivity contribution >= 4 is 22.0 Å². The van der Waals surface area contributed by atoms with E-state index in [2.05, 4.69) is 34.5 Å². The Hall–Kier alpha value is -2.52. The van der Waals surface area contributed by atoms with E-state index in [0.29, 0.717) is 32.7 Å². The number of carbonyl (C=O) groups is 1. The van der Waals surface area contributed by atoms with E-state index in [1.54, 1.807) is 6.08 Å². The number of carbonyl (C=O) groups excluding carboxylic acids is 1. The molecule has 2 aromatic carbocycles. The molecule has 1 unspecified atom stereocenters. The van der Waals surface area contributed by atoms with Gasteiger partial charge in [0.15, 0.2) is 0 Å². The van der Waals surface area contributed by atoms with Crippen LogP contribution in [0.5, 0.6) is 0 Å². The number of nitrogens with zero attached hydrogens (tertiary/aromatic N) is 3. The van der Waals surface area contributed by atoms with Crippen LogP contribution >= 0.6 is 0 Å². The lowest BCUT2D eigenvalue weighted by atomic mass is 10.2. The number of nitrogens with one attached hydrogen (secondary N) is 1. The summed E-state index contributed by atoms with van der Waals surface area (Å²) in [6.45, 7) is 4.94. The normalized spacial score (nSPS) is 20.9. The summed E-state index contributed by atoms with van der Waals surface area (Å²) in [4.78, 5) is 17.0. The van der Waals surface area contributed by atoms with Gasteiger partial charge in [0.1, 0.15) is 0 Å². The summed E-state index contributed by atoms with van der Waals surface area (Å²) in [5.74, 6) is 0.0156. The number of likely N-dealkylation sites (tertiary alicyclic amines) is 1. The van der Waals surface area contributed by atoms with Gasteiger partial charge in [-0.15, -0.1) is 0 Å². The largest absolute Gasteiger partial charge is 0.351 e. The Morgan fingerprint density at radius 2 is 1.58 bits per heavy atom. The van der Waals surface area contributed by atoms with Crippen LogP contribution in [0.1, 0.15) is 17.5 Å². The Kier molecular flexibility index (Phi) is 7.93. The Morgan fingerprint density at radius 3 is 2.27 bits per heavy atom. The Bertz CT molecular complexity index is 1040. The summed E-state index contributed by atoms with van der Waals surface area (Å²) in [7, 11) is -3.46. The summed E-state index contributed by atoms with van der Waals surface area (Å²) >= 11 is 0. The molecule has 0 saturated carbocycles. The third-order valence-corrected chi connectivity index (χ3v) is 7.74. The van der Waals surface area contributed by atoms with Crippen molar-refractivity contribution in [2.24, 2.45) is 0 Å². The third kappa shape index (κ3) is 6.98. The number of hydrogen-bond acceptors (Lipinski definition) is 5. The van der Waals surface area contributed by atoms with Crippen LogP contribution in [0.25, 0.3) is 6.08 Å². The van der Waals surface area contributed by atoms with Crippen molar-refractivity contribution < 1.29 is 13.2 Å². The van der Waals surface area contributed by atoms with E-state index in [-0.39, 0.29) is 11.9 Å². The molecule has 2 aliphatic heterocycles. The first-order chi connectivity index (χ1) is 16.0. The van der Waals surface area contributed by atoms with Crippen LogP contribution in [-0.4, -0.2) is 80.3 Å². The Labute approximate surface area is 196 Å². The molecule has 4 rings (SSSR count). The van der Waals surface area contributed by atoms with Crippen LogP contribution in [0.3, 0.4) is 0 Å². The maximum Gasteiger partial charge on any atom is 0.236 e. The maximum absolute atomic E-state index is 12.6. The third-order valence-electron chi connectivity index (χ3n) is 6.18. The average molecular weight is 469 g/mol. The lowest BCUT2D eigenvalue weighted by Gasteiger charge is -2.33. The highest BCUT2D eigenvalue weighted by Crippen LogP contribution is 2.14. The zero-order valence-electron chi connectivity index (χ0n) is 18.8. The van der Waals surface area contributed by atoms with Gasteiger partial charge in [-0.2, -0.15) is 4.31 Å². The number of benzene rings is 2. The molecule has 2 aliphatic rings. The molecule has 0 spiro atoms. The summed E-state index contributed by atoms with van der Waals surface area (Å²) < 4.78 is 26.7. The minimum absolute atomic E-state index is 0.0156. The zero-order chi connectivity index (χ0) is 23.1. The van der Waals surface area contributed by atoms with Crippen LogP contribution in [0.2, 0.25) is 0 Å². The van der Waals surface area contributed by atoms with E-state index < -0.39 is 10.0 Å². The molecule has 33 heavy (non-hydrogen) atoms. The van der Waals surface area contributed by atoms with Gasteiger partial charge in [-0.3, -0.25) is 14.6 Å². The van der Waals surface area contributed by atoms with E-state index >= 15 is 0 Å². The average Bonchev–Trinajstić information content (AvgIpc) is 3.26. The second-order valence-corrected chi connectivity index (χ2v) is 10.5. The molecular weight excluding hydrogens is 436 g/mol. The molecule has 0 aliphatic carbocycles. The first-order valence-corrected chi connectivity index (χ1v) is 13.0. The van der Waals surface area contributed by atoms with Gasteiger partial charge in [-0.05, 0) is 23.6 Å². The second-order valence-electron chi connectivity index (χ2n) is 8.71. The SMILES string of the molecule is O=C(CN1CCN(S(=O)(=O)C=Cc2ccccc2)CC1)NC1CCN(Cc2ccccc2)C1. The molecule has 1 atom stereocenters. The Morgan fingerprint density at radius 1 is 0.909 bits per heavy atom. The topological polar surface area (TPSA) is 73.0 Å². The van der Waals surface area contributed by atoms with Gasteiger partial charge in [-0.1, -0.05) is 60.7 Å². The van der Waals surface area contributed by atoms with E-state index in [1.165, 1.54) is 15.3 Å². The molecule has 176 valence electrons. The fourth-order valence-corrected chi connectivity index (χ4v) is 5.54. The van der Waals surface area contributed by atoms with E-state index in [4.69, 9.17) is 0 Å². The molecule has 7 nitrogen and oxygen atoms in total. The van der Waals surface area contributed by atoms with Crippen LogP contribution in [0.15, 0.2) is 66.1 Å². The van der Waals surface area contributed by atoms with E-state index in [9.17, 15) is 13.2 Å². The predicted molar refractivity (Wildman–Crippen MR) is 131 cm³/mol. The molecule has 2 heterocycles. The molecular formula is C25H32N4O3S. The Balaban J connectivity index is 1.18. The standard InChI is InChI=1S/C25H32N4O3S/c30-25(26-24-11-13-28(20-24)19-23-9-5-2-6-10-23)21-27-14-16-29(17-15-27)33(31,32)18-12-22-7-3-1-4-8-22/h1-10,12,18,24H,11,13-17,19-21H2,(H,26,30). The number of rotatable bonds is 8.